The van der Waals surface area contributed by atoms with Gasteiger partial charge in [-0.05, 0) is 47.7 Å². The topological polar surface area (TPSA) is 47.6 Å². The second-order valence-electron chi connectivity index (χ2n) is 3.89. The number of halogens is 1. The largest absolute Gasteiger partial charge is 0.493 e. The number of ether oxygens (including phenoxy) is 2. The van der Waals surface area contributed by atoms with E-state index >= 15 is 0 Å². The van der Waals surface area contributed by atoms with Gasteiger partial charge < -0.3 is 14.8 Å². The van der Waals surface area contributed by atoms with Crippen molar-refractivity contribution in [2.75, 3.05) is 19.0 Å². The van der Waals surface area contributed by atoms with Crippen LogP contribution in [-0.2, 0) is 0 Å². The lowest BCUT2D eigenvalue weighted by atomic mass is 10.2. The Bertz CT molecular complexity index is 612. The van der Waals surface area contributed by atoms with Crippen LogP contribution in [0.5, 0.6) is 11.5 Å². The van der Waals surface area contributed by atoms with E-state index < -0.39 is 0 Å². The van der Waals surface area contributed by atoms with E-state index in [-0.39, 0.29) is 5.91 Å². The third-order valence-electron chi connectivity index (χ3n) is 2.55. The summed E-state index contributed by atoms with van der Waals surface area (Å²) in [5.41, 5.74) is 1.34. The number of methoxy groups -OCH3 is 1. The first kappa shape index (κ1) is 15.1. The van der Waals surface area contributed by atoms with Gasteiger partial charge in [0.1, 0.15) is 0 Å². The predicted molar refractivity (Wildman–Crippen MR) is 89.2 cm³/mol. The fraction of sp³-hybridized carbons (Fsp3) is 0.214. The maximum Gasteiger partial charge on any atom is 0.256 e. The molecule has 2 rings (SSSR count). The first-order chi connectivity index (χ1) is 9.63. The smallest absolute Gasteiger partial charge is 0.256 e. The number of carbonyl (C=O) groups excluding carboxylic acids is 1. The van der Waals surface area contributed by atoms with Gasteiger partial charge in [0, 0.05) is 17.1 Å². The van der Waals surface area contributed by atoms with Crippen LogP contribution < -0.4 is 14.8 Å². The summed E-state index contributed by atoms with van der Waals surface area (Å²) in [7, 11) is 1.57. The number of hydrogen-bond donors (Lipinski definition) is 1. The average molecular weight is 403 g/mol. The highest BCUT2D eigenvalue weighted by atomic mass is 127. The lowest BCUT2D eigenvalue weighted by Crippen LogP contribution is -2.11. The summed E-state index contributed by atoms with van der Waals surface area (Å²) in [6.45, 7) is 2.47. The van der Waals surface area contributed by atoms with Crippen LogP contribution in [0.3, 0.4) is 0 Å². The summed E-state index contributed by atoms with van der Waals surface area (Å²) >= 11 is 3.73. The molecule has 106 valence electrons. The fourth-order valence-corrected chi connectivity index (χ4v) is 2.98. The summed E-state index contributed by atoms with van der Waals surface area (Å²) in [4.78, 5) is 12.1. The van der Waals surface area contributed by atoms with E-state index in [9.17, 15) is 4.79 Å². The van der Waals surface area contributed by atoms with Crippen molar-refractivity contribution in [1.29, 1.82) is 0 Å². The molecule has 0 unspecified atom stereocenters. The number of anilines is 1. The van der Waals surface area contributed by atoms with Crippen LogP contribution >= 0.6 is 33.9 Å². The zero-order valence-electron chi connectivity index (χ0n) is 11.1. The van der Waals surface area contributed by atoms with Crippen molar-refractivity contribution in [1.82, 2.24) is 0 Å². The van der Waals surface area contributed by atoms with Gasteiger partial charge in [0.15, 0.2) is 11.5 Å². The highest BCUT2D eigenvalue weighted by Crippen LogP contribution is 2.30. The van der Waals surface area contributed by atoms with Crippen molar-refractivity contribution in [3.05, 3.63) is 38.1 Å². The van der Waals surface area contributed by atoms with Crippen LogP contribution in [0.2, 0.25) is 0 Å². The molecule has 2 aromatic rings. The van der Waals surface area contributed by atoms with Gasteiger partial charge in [-0.3, -0.25) is 4.79 Å². The number of amides is 1. The first-order valence-corrected chi connectivity index (χ1v) is 7.96. The molecule has 0 aliphatic heterocycles. The molecule has 0 saturated carbocycles. The van der Waals surface area contributed by atoms with Crippen molar-refractivity contribution in [2.45, 2.75) is 6.92 Å². The Morgan fingerprint density at radius 3 is 2.75 bits per heavy atom. The molecule has 0 bridgehead atoms. The summed E-state index contributed by atoms with van der Waals surface area (Å²) in [6, 6.07) is 7.19. The highest BCUT2D eigenvalue weighted by molar-refractivity contribution is 14.1. The number of hydrogen-bond acceptors (Lipinski definition) is 4. The van der Waals surface area contributed by atoms with Gasteiger partial charge in [0.05, 0.1) is 22.2 Å². The van der Waals surface area contributed by atoms with Crippen LogP contribution in [0.1, 0.15) is 17.3 Å². The maximum absolute atomic E-state index is 12.1. The molecule has 0 atom stereocenters. The SMILES string of the molecule is CCOc1ccc(NC(=O)c2csc(I)c2)cc1OC. The molecule has 1 aromatic carbocycles. The zero-order chi connectivity index (χ0) is 14.5. The normalized spacial score (nSPS) is 10.2. The molecule has 0 aliphatic rings. The molecule has 20 heavy (non-hydrogen) atoms. The molecule has 4 nitrogen and oxygen atoms in total. The second-order valence-corrected chi connectivity index (χ2v) is 6.70. The van der Waals surface area contributed by atoms with Gasteiger partial charge in [-0.1, -0.05) is 0 Å². The minimum Gasteiger partial charge on any atom is -0.493 e. The van der Waals surface area contributed by atoms with Crippen molar-refractivity contribution >= 4 is 45.5 Å². The van der Waals surface area contributed by atoms with Gasteiger partial charge in [-0.15, -0.1) is 11.3 Å². The summed E-state index contributed by atoms with van der Waals surface area (Å²) in [5, 5.41) is 4.68. The lowest BCUT2D eigenvalue weighted by molar-refractivity contribution is 0.102. The average Bonchev–Trinajstić information content (AvgIpc) is 2.87. The molecule has 0 spiro atoms. The van der Waals surface area contributed by atoms with E-state index in [4.69, 9.17) is 9.47 Å². The van der Waals surface area contributed by atoms with E-state index in [1.54, 1.807) is 36.6 Å². The quantitative estimate of drug-likeness (QED) is 0.768. The predicted octanol–water partition coefficient (Wildman–Crippen LogP) is 4.01. The molecular weight excluding hydrogens is 389 g/mol. The molecule has 6 heteroatoms. The first-order valence-electron chi connectivity index (χ1n) is 6.00. The van der Waals surface area contributed by atoms with Gasteiger partial charge in [0.2, 0.25) is 0 Å². The molecule has 0 saturated heterocycles. The van der Waals surface area contributed by atoms with Crippen molar-refractivity contribution < 1.29 is 14.3 Å². The Balaban J connectivity index is 2.15. The van der Waals surface area contributed by atoms with Crippen LogP contribution in [0.25, 0.3) is 0 Å². The van der Waals surface area contributed by atoms with E-state index in [2.05, 4.69) is 27.9 Å². The van der Waals surface area contributed by atoms with Crippen molar-refractivity contribution in [2.24, 2.45) is 0 Å². The molecule has 1 heterocycles. The molecule has 1 amide bonds. The number of carbonyl (C=O) groups is 1. The number of thiophene rings is 1. The molecule has 1 N–H and O–H groups in total. The molecule has 0 radical (unpaired) electrons. The highest BCUT2D eigenvalue weighted by Gasteiger charge is 2.10. The Kier molecular flexibility index (Phi) is 5.24. The Morgan fingerprint density at radius 1 is 1.35 bits per heavy atom. The van der Waals surface area contributed by atoms with Gasteiger partial charge >= 0.3 is 0 Å². The van der Waals surface area contributed by atoms with E-state index in [0.717, 1.165) is 2.88 Å². The lowest BCUT2D eigenvalue weighted by Gasteiger charge is -2.11. The summed E-state index contributed by atoms with van der Waals surface area (Å²) in [6.07, 6.45) is 0. The van der Waals surface area contributed by atoms with Gasteiger partial charge in [0.25, 0.3) is 5.91 Å². The Hall–Kier alpha value is -1.28. The Morgan fingerprint density at radius 2 is 2.15 bits per heavy atom. The molecular formula is C14H14INO3S. The van der Waals surface area contributed by atoms with Crippen LogP contribution in [-0.4, -0.2) is 19.6 Å². The Labute approximate surface area is 135 Å². The van der Waals surface area contributed by atoms with E-state index in [1.807, 2.05) is 18.4 Å². The van der Waals surface area contributed by atoms with E-state index in [1.165, 1.54) is 0 Å². The number of benzene rings is 1. The van der Waals surface area contributed by atoms with E-state index in [0.29, 0.717) is 29.4 Å². The number of nitrogens with one attached hydrogen (secondary N) is 1. The minimum atomic E-state index is -0.129. The zero-order valence-corrected chi connectivity index (χ0v) is 14.1. The van der Waals surface area contributed by atoms with Crippen LogP contribution in [0.4, 0.5) is 5.69 Å². The minimum absolute atomic E-state index is 0.129. The molecule has 1 aromatic heterocycles. The summed E-state index contributed by atoms with van der Waals surface area (Å²) < 4.78 is 11.8. The van der Waals surface area contributed by atoms with Crippen molar-refractivity contribution in [3.8, 4) is 11.5 Å². The third-order valence-corrected chi connectivity index (χ3v) is 4.34. The van der Waals surface area contributed by atoms with Crippen LogP contribution in [0, 0.1) is 2.88 Å². The third kappa shape index (κ3) is 3.63. The number of rotatable bonds is 5. The molecule has 0 fully saturated rings. The molecule has 0 aliphatic carbocycles. The monoisotopic (exact) mass is 403 g/mol. The second kappa shape index (κ2) is 6.94. The van der Waals surface area contributed by atoms with Crippen LogP contribution in [0.15, 0.2) is 29.6 Å². The van der Waals surface area contributed by atoms with Crippen molar-refractivity contribution in [3.63, 3.8) is 0 Å². The standard InChI is InChI=1S/C14H14INO3S/c1-3-19-11-5-4-10(7-12(11)18-2)16-14(17)9-6-13(15)20-8-9/h4-8H,3H2,1-2H3,(H,16,17). The maximum atomic E-state index is 12.1. The van der Waals surface area contributed by atoms with Gasteiger partial charge in [-0.2, -0.15) is 0 Å². The summed E-state index contributed by atoms with van der Waals surface area (Å²) in [5.74, 6) is 1.14. The fourth-order valence-electron chi connectivity index (χ4n) is 1.65. The van der Waals surface area contributed by atoms with Gasteiger partial charge in [-0.25, -0.2) is 0 Å².